The molecule has 2 unspecified atom stereocenters. The molecule has 3 aliphatic heterocycles. The van der Waals surface area contributed by atoms with Crippen molar-refractivity contribution in [3.8, 4) is 0 Å². The summed E-state index contributed by atoms with van der Waals surface area (Å²) < 4.78 is 5.48. The van der Waals surface area contributed by atoms with Gasteiger partial charge in [0.2, 0.25) is 0 Å². The Labute approximate surface area is 105 Å². The van der Waals surface area contributed by atoms with E-state index < -0.39 is 0 Å². The van der Waals surface area contributed by atoms with Crippen LogP contribution in [0.5, 0.6) is 0 Å². The molecule has 17 heavy (non-hydrogen) atoms. The summed E-state index contributed by atoms with van der Waals surface area (Å²) in [6.45, 7) is 11.6. The fourth-order valence-electron chi connectivity index (χ4n) is 3.98. The third-order valence-corrected chi connectivity index (χ3v) is 4.80. The van der Waals surface area contributed by atoms with Crippen molar-refractivity contribution in [2.75, 3.05) is 26.3 Å². The molecule has 3 rings (SSSR count). The lowest BCUT2D eigenvalue weighted by Gasteiger charge is -2.45. The molecule has 0 spiro atoms. The van der Waals surface area contributed by atoms with Crippen LogP contribution in [0.3, 0.4) is 0 Å². The molecule has 2 bridgehead atoms. The zero-order valence-electron chi connectivity index (χ0n) is 11.5. The first-order valence-electron chi connectivity index (χ1n) is 7.16. The number of rotatable bonds is 1. The van der Waals surface area contributed by atoms with E-state index in [-0.39, 0.29) is 0 Å². The van der Waals surface area contributed by atoms with Gasteiger partial charge in [0.1, 0.15) is 0 Å². The van der Waals surface area contributed by atoms with Gasteiger partial charge in [-0.2, -0.15) is 0 Å². The quantitative estimate of drug-likeness (QED) is 0.692. The first-order chi connectivity index (χ1) is 8.05. The first-order valence-corrected chi connectivity index (χ1v) is 7.16. The minimum Gasteiger partial charge on any atom is -0.381 e. The summed E-state index contributed by atoms with van der Waals surface area (Å²) in [7, 11) is 0. The molecule has 3 heterocycles. The molecule has 0 aliphatic carbocycles. The van der Waals surface area contributed by atoms with Crippen LogP contribution >= 0.6 is 0 Å². The molecule has 0 saturated carbocycles. The van der Waals surface area contributed by atoms with Gasteiger partial charge in [-0.15, -0.1) is 0 Å². The highest BCUT2D eigenvalue weighted by Crippen LogP contribution is 2.37. The summed E-state index contributed by atoms with van der Waals surface area (Å²) in [4.78, 5) is 5.50. The van der Waals surface area contributed by atoms with Gasteiger partial charge in [-0.25, -0.2) is 0 Å². The highest BCUT2D eigenvalue weighted by molar-refractivity contribution is 5.04. The van der Waals surface area contributed by atoms with Crippen LogP contribution in [0.15, 0.2) is 0 Å². The summed E-state index contributed by atoms with van der Waals surface area (Å²) in [5.41, 5.74) is 0.348. The normalized spacial score (nSPS) is 36.9. The minimum atomic E-state index is 0.348. The molecular formula is C14H26N2O. The molecule has 3 saturated heterocycles. The van der Waals surface area contributed by atoms with Crippen molar-refractivity contribution in [2.45, 2.75) is 63.7 Å². The molecule has 2 atom stereocenters. The predicted molar refractivity (Wildman–Crippen MR) is 69.2 cm³/mol. The monoisotopic (exact) mass is 238 g/mol. The molecule has 0 N–H and O–H groups in total. The fourth-order valence-corrected chi connectivity index (χ4v) is 3.98. The zero-order chi connectivity index (χ0) is 12.0. The number of hydrogen-bond acceptors (Lipinski definition) is 3. The van der Waals surface area contributed by atoms with Crippen LogP contribution in [-0.4, -0.2) is 59.8 Å². The molecular weight excluding hydrogens is 212 g/mol. The lowest BCUT2D eigenvalue weighted by molar-refractivity contribution is -0.00541. The van der Waals surface area contributed by atoms with Crippen molar-refractivity contribution >= 4 is 0 Å². The predicted octanol–water partition coefficient (Wildman–Crippen LogP) is 1.72. The molecule has 0 amide bonds. The number of hydrogen-bond donors (Lipinski definition) is 0. The average Bonchev–Trinajstić information content (AvgIpc) is 2.88. The highest BCUT2D eigenvalue weighted by Gasteiger charge is 2.48. The van der Waals surface area contributed by atoms with Gasteiger partial charge in [0, 0.05) is 50.0 Å². The van der Waals surface area contributed by atoms with Gasteiger partial charge >= 0.3 is 0 Å². The Morgan fingerprint density at radius 3 is 2.18 bits per heavy atom. The van der Waals surface area contributed by atoms with Crippen LogP contribution in [-0.2, 0) is 4.74 Å². The molecule has 3 aliphatic rings. The summed E-state index contributed by atoms with van der Waals surface area (Å²) in [6.07, 6.45) is 3.89. The zero-order valence-corrected chi connectivity index (χ0v) is 11.5. The maximum Gasteiger partial charge on any atom is 0.0480 e. The lowest BCUT2D eigenvalue weighted by atomic mass is 10.0. The second-order valence-electron chi connectivity index (χ2n) is 6.91. The van der Waals surface area contributed by atoms with Crippen molar-refractivity contribution in [1.29, 1.82) is 0 Å². The van der Waals surface area contributed by atoms with Crippen molar-refractivity contribution in [3.05, 3.63) is 0 Å². The molecule has 3 heteroatoms. The first kappa shape index (κ1) is 11.9. The molecule has 0 aromatic carbocycles. The van der Waals surface area contributed by atoms with Gasteiger partial charge in [0.15, 0.2) is 0 Å². The smallest absolute Gasteiger partial charge is 0.0480 e. The van der Waals surface area contributed by atoms with Gasteiger partial charge in [0.05, 0.1) is 0 Å². The van der Waals surface area contributed by atoms with Gasteiger partial charge in [-0.1, -0.05) is 0 Å². The van der Waals surface area contributed by atoms with E-state index in [2.05, 4.69) is 30.6 Å². The molecule has 3 fully saturated rings. The van der Waals surface area contributed by atoms with E-state index in [9.17, 15) is 0 Å². The van der Waals surface area contributed by atoms with Crippen LogP contribution in [0, 0.1) is 0 Å². The highest BCUT2D eigenvalue weighted by atomic mass is 16.5. The van der Waals surface area contributed by atoms with Crippen LogP contribution in [0.1, 0.15) is 40.0 Å². The van der Waals surface area contributed by atoms with E-state index in [1.807, 2.05) is 0 Å². The van der Waals surface area contributed by atoms with Gasteiger partial charge in [-0.05, 0) is 40.0 Å². The number of likely N-dealkylation sites (tertiary alicyclic amines) is 2. The summed E-state index contributed by atoms with van der Waals surface area (Å²) in [5.74, 6) is 0. The summed E-state index contributed by atoms with van der Waals surface area (Å²) in [5, 5.41) is 0. The minimum absolute atomic E-state index is 0.348. The largest absolute Gasteiger partial charge is 0.381 e. The van der Waals surface area contributed by atoms with Crippen molar-refractivity contribution in [2.24, 2.45) is 0 Å². The van der Waals surface area contributed by atoms with Gasteiger partial charge in [0.25, 0.3) is 0 Å². The molecule has 0 aromatic rings. The van der Waals surface area contributed by atoms with Crippen LogP contribution < -0.4 is 0 Å². The van der Waals surface area contributed by atoms with E-state index in [0.717, 1.165) is 31.3 Å². The van der Waals surface area contributed by atoms with E-state index in [0.29, 0.717) is 5.54 Å². The maximum atomic E-state index is 5.48. The summed E-state index contributed by atoms with van der Waals surface area (Å²) in [6, 6.07) is 2.44. The Morgan fingerprint density at radius 1 is 0.941 bits per heavy atom. The van der Waals surface area contributed by atoms with E-state index >= 15 is 0 Å². The van der Waals surface area contributed by atoms with Crippen LogP contribution in [0.4, 0.5) is 0 Å². The van der Waals surface area contributed by atoms with Crippen molar-refractivity contribution < 1.29 is 4.74 Å². The second-order valence-corrected chi connectivity index (χ2v) is 6.91. The number of fused-ring (bicyclic) bond motifs is 2. The number of piperazine rings is 1. The fraction of sp³-hybridized carbons (Fsp3) is 1.00. The average molecular weight is 238 g/mol. The Morgan fingerprint density at radius 2 is 1.65 bits per heavy atom. The van der Waals surface area contributed by atoms with Crippen molar-refractivity contribution in [1.82, 2.24) is 9.80 Å². The number of ether oxygens (including phenoxy) is 1. The van der Waals surface area contributed by atoms with Gasteiger partial charge in [-0.3, -0.25) is 9.80 Å². The van der Waals surface area contributed by atoms with E-state index in [1.165, 1.54) is 32.4 Å². The molecule has 0 radical (unpaired) electrons. The topological polar surface area (TPSA) is 15.7 Å². The molecule has 3 nitrogen and oxygen atoms in total. The maximum absolute atomic E-state index is 5.48. The Hall–Kier alpha value is -0.120. The SMILES string of the molecule is CC(C)(C)N1CC2CC1CN2C1CCOCC1. The van der Waals surface area contributed by atoms with E-state index in [1.54, 1.807) is 0 Å². The lowest BCUT2D eigenvalue weighted by Crippen LogP contribution is -2.56. The number of nitrogens with zero attached hydrogens (tertiary/aromatic N) is 2. The Balaban J connectivity index is 1.63. The molecule has 0 aromatic heterocycles. The molecule has 98 valence electrons. The van der Waals surface area contributed by atoms with Crippen molar-refractivity contribution in [3.63, 3.8) is 0 Å². The summed E-state index contributed by atoms with van der Waals surface area (Å²) >= 11 is 0. The second kappa shape index (κ2) is 4.22. The Kier molecular flexibility index (Phi) is 2.96. The third kappa shape index (κ3) is 2.13. The van der Waals surface area contributed by atoms with Crippen LogP contribution in [0.25, 0.3) is 0 Å². The van der Waals surface area contributed by atoms with Crippen LogP contribution in [0.2, 0.25) is 0 Å². The Bertz CT molecular complexity index is 280. The third-order valence-electron chi connectivity index (χ3n) is 4.80. The standard InChI is InChI=1S/C14H26N2O/c1-14(2,3)16-10-12-8-13(16)9-15(12)11-4-6-17-7-5-11/h11-13H,4-10H2,1-3H3. The van der Waals surface area contributed by atoms with E-state index in [4.69, 9.17) is 4.74 Å². The van der Waals surface area contributed by atoms with Gasteiger partial charge < -0.3 is 4.74 Å².